The lowest BCUT2D eigenvalue weighted by molar-refractivity contribution is -0.121. The molecule has 0 spiro atoms. The van der Waals surface area contributed by atoms with E-state index in [1.54, 1.807) is 0 Å². The smallest absolute Gasteiger partial charge is 0.264 e. The minimum Gasteiger partial charge on any atom is -0.338 e. The monoisotopic (exact) mass is 429 g/mol. The second kappa shape index (κ2) is 7.79. The number of anilines is 1. The molecular formula is C20H23N5O2S2. The van der Waals surface area contributed by atoms with Crippen molar-refractivity contribution in [2.45, 2.75) is 40.5 Å². The van der Waals surface area contributed by atoms with Crippen molar-refractivity contribution in [1.82, 2.24) is 19.9 Å². The van der Waals surface area contributed by atoms with Gasteiger partial charge in [-0.2, -0.15) is 0 Å². The SMILES string of the molecule is Cc1csc(NC(=O)C2CCN(C(=O)c3sc4nc(C)nc(C)c4c3C)CC2)n1. The number of aryl methyl sites for hydroxylation is 4. The van der Waals surface area contributed by atoms with Crippen LogP contribution in [0.3, 0.4) is 0 Å². The minimum atomic E-state index is -0.0949. The van der Waals surface area contributed by atoms with Crippen LogP contribution in [0.15, 0.2) is 5.38 Å². The summed E-state index contributed by atoms with van der Waals surface area (Å²) < 4.78 is 0. The van der Waals surface area contributed by atoms with Crippen molar-refractivity contribution < 1.29 is 9.59 Å². The number of aromatic nitrogens is 3. The van der Waals surface area contributed by atoms with Crippen LogP contribution in [0, 0.1) is 33.6 Å². The van der Waals surface area contributed by atoms with Gasteiger partial charge < -0.3 is 10.2 Å². The Morgan fingerprint density at radius 1 is 1.10 bits per heavy atom. The van der Waals surface area contributed by atoms with Gasteiger partial charge in [-0.25, -0.2) is 15.0 Å². The van der Waals surface area contributed by atoms with Crippen molar-refractivity contribution >= 4 is 49.8 Å². The number of nitrogens with zero attached hydrogens (tertiary/aromatic N) is 4. The van der Waals surface area contributed by atoms with E-state index in [9.17, 15) is 9.59 Å². The highest BCUT2D eigenvalue weighted by atomic mass is 32.1. The summed E-state index contributed by atoms with van der Waals surface area (Å²) in [4.78, 5) is 42.3. The van der Waals surface area contributed by atoms with Crippen LogP contribution in [0.25, 0.3) is 10.2 Å². The Kier molecular flexibility index (Phi) is 5.35. The third kappa shape index (κ3) is 3.89. The van der Waals surface area contributed by atoms with Gasteiger partial charge in [0.25, 0.3) is 5.91 Å². The number of hydrogen-bond acceptors (Lipinski definition) is 7. The number of nitrogens with one attached hydrogen (secondary N) is 1. The van der Waals surface area contributed by atoms with Crippen molar-refractivity contribution in [3.05, 3.63) is 33.0 Å². The summed E-state index contributed by atoms with van der Waals surface area (Å²) in [6.45, 7) is 8.84. The maximum absolute atomic E-state index is 13.1. The lowest BCUT2D eigenvalue weighted by Crippen LogP contribution is -2.41. The number of amides is 2. The Bertz CT molecular complexity index is 1100. The van der Waals surface area contributed by atoms with Crippen molar-refractivity contribution in [2.75, 3.05) is 18.4 Å². The van der Waals surface area contributed by atoms with Crippen LogP contribution in [0.1, 0.15) is 45.3 Å². The summed E-state index contributed by atoms with van der Waals surface area (Å²) in [6.07, 6.45) is 1.31. The highest BCUT2D eigenvalue weighted by molar-refractivity contribution is 7.20. The Morgan fingerprint density at radius 3 is 2.48 bits per heavy atom. The number of thiophene rings is 1. The van der Waals surface area contributed by atoms with E-state index >= 15 is 0 Å². The second-order valence-electron chi connectivity index (χ2n) is 7.44. The predicted octanol–water partition coefficient (Wildman–Crippen LogP) is 3.87. The number of hydrogen-bond donors (Lipinski definition) is 1. The van der Waals surface area contributed by atoms with E-state index in [1.807, 2.05) is 38.0 Å². The molecule has 1 saturated heterocycles. The Morgan fingerprint density at radius 2 is 1.83 bits per heavy atom. The molecule has 0 atom stereocenters. The van der Waals surface area contributed by atoms with E-state index in [1.165, 1.54) is 22.7 Å². The third-order valence-corrected chi connectivity index (χ3v) is 7.33. The second-order valence-corrected chi connectivity index (χ2v) is 9.30. The number of likely N-dealkylation sites (tertiary alicyclic amines) is 1. The Hall–Kier alpha value is -2.39. The van der Waals surface area contributed by atoms with E-state index in [-0.39, 0.29) is 17.7 Å². The van der Waals surface area contributed by atoms with E-state index in [2.05, 4.69) is 20.3 Å². The number of carbonyl (C=O) groups is 2. The fourth-order valence-electron chi connectivity index (χ4n) is 3.78. The fraction of sp³-hybridized carbons (Fsp3) is 0.450. The van der Waals surface area contributed by atoms with Gasteiger partial charge in [0, 0.05) is 35.5 Å². The molecule has 152 valence electrons. The standard InChI is InChI=1S/C20H23N5O2S2/c1-10-9-28-20(21-10)24-17(26)14-5-7-25(8-6-14)19(27)16-11(2)15-12(3)22-13(4)23-18(15)29-16/h9,14H,5-8H2,1-4H3,(H,21,24,26). The summed E-state index contributed by atoms with van der Waals surface area (Å²) >= 11 is 2.87. The van der Waals surface area contributed by atoms with E-state index < -0.39 is 0 Å². The molecule has 1 fully saturated rings. The van der Waals surface area contributed by atoms with Gasteiger partial charge in [-0.05, 0) is 46.1 Å². The van der Waals surface area contributed by atoms with Gasteiger partial charge in [-0.15, -0.1) is 22.7 Å². The molecule has 7 nitrogen and oxygen atoms in total. The first-order valence-electron chi connectivity index (χ1n) is 9.60. The van der Waals surface area contributed by atoms with Gasteiger partial charge in [0.05, 0.1) is 10.6 Å². The summed E-state index contributed by atoms with van der Waals surface area (Å²) in [5.74, 6) is 0.642. The van der Waals surface area contributed by atoms with Crippen molar-refractivity contribution in [3.8, 4) is 0 Å². The lowest BCUT2D eigenvalue weighted by atomic mass is 9.95. The number of carbonyl (C=O) groups excluding carboxylic acids is 2. The zero-order chi connectivity index (χ0) is 20.7. The zero-order valence-corrected chi connectivity index (χ0v) is 18.5. The molecule has 4 rings (SSSR count). The molecule has 2 amide bonds. The summed E-state index contributed by atoms with van der Waals surface area (Å²) in [6, 6.07) is 0. The average Bonchev–Trinajstić information content (AvgIpc) is 3.24. The van der Waals surface area contributed by atoms with Crippen molar-refractivity contribution in [2.24, 2.45) is 5.92 Å². The van der Waals surface area contributed by atoms with Gasteiger partial charge in [-0.1, -0.05) is 0 Å². The summed E-state index contributed by atoms with van der Waals surface area (Å²) in [5.41, 5.74) is 2.76. The molecule has 0 bridgehead atoms. The van der Waals surface area contributed by atoms with Crippen LogP contribution in [0.5, 0.6) is 0 Å². The first-order valence-corrected chi connectivity index (χ1v) is 11.3. The Balaban J connectivity index is 1.44. The number of fused-ring (bicyclic) bond motifs is 1. The van der Waals surface area contributed by atoms with Crippen LogP contribution >= 0.6 is 22.7 Å². The number of piperidine rings is 1. The average molecular weight is 430 g/mol. The molecule has 29 heavy (non-hydrogen) atoms. The van der Waals surface area contributed by atoms with Crippen molar-refractivity contribution in [1.29, 1.82) is 0 Å². The van der Waals surface area contributed by atoms with Crippen LogP contribution in [-0.2, 0) is 4.79 Å². The molecule has 0 unspecified atom stereocenters. The van der Waals surface area contributed by atoms with Gasteiger partial charge in [0.15, 0.2) is 5.13 Å². The molecular weight excluding hydrogens is 406 g/mol. The molecule has 3 aromatic rings. The number of rotatable bonds is 3. The molecule has 3 aromatic heterocycles. The van der Waals surface area contributed by atoms with E-state index in [0.29, 0.717) is 31.1 Å². The van der Waals surface area contributed by atoms with E-state index in [0.717, 1.165) is 37.9 Å². The molecule has 9 heteroatoms. The molecule has 1 aliphatic heterocycles. The topological polar surface area (TPSA) is 88.1 Å². The van der Waals surface area contributed by atoms with Crippen LogP contribution in [-0.4, -0.2) is 44.8 Å². The Labute approximate surface area is 177 Å². The highest BCUT2D eigenvalue weighted by Gasteiger charge is 2.30. The largest absolute Gasteiger partial charge is 0.338 e. The highest BCUT2D eigenvalue weighted by Crippen LogP contribution is 2.33. The van der Waals surface area contributed by atoms with E-state index in [4.69, 9.17) is 0 Å². The molecule has 4 heterocycles. The van der Waals surface area contributed by atoms with Crippen molar-refractivity contribution in [3.63, 3.8) is 0 Å². The summed E-state index contributed by atoms with van der Waals surface area (Å²) in [7, 11) is 0. The van der Waals surface area contributed by atoms with Crippen LogP contribution < -0.4 is 5.32 Å². The molecule has 0 radical (unpaired) electrons. The molecule has 0 saturated carbocycles. The van der Waals surface area contributed by atoms with Crippen LogP contribution in [0.2, 0.25) is 0 Å². The molecule has 1 aliphatic rings. The molecule has 0 aliphatic carbocycles. The normalized spacial score (nSPS) is 15.1. The molecule has 1 N–H and O–H groups in total. The van der Waals surface area contributed by atoms with Gasteiger partial charge >= 0.3 is 0 Å². The van der Waals surface area contributed by atoms with Gasteiger partial charge in [0.1, 0.15) is 10.7 Å². The third-order valence-electron chi connectivity index (χ3n) is 5.28. The molecule has 0 aromatic carbocycles. The van der Waals surface area contributed by atoms with Gasteiger partial charge in [0.2, 0.25) is 5.91 Å². The maximum Gasteiger partial charge on any atom is 0.264 e. The zero-order valence-electron chi connectivity index (χ0n) is 16.9. The fourth-order valence-corrected chi connectivity index (χ4v) is 5.72. The quantitative estimate of drug-likeness (QED) is 0.683. The first-order chi connectivity index (χ1) is 13.8. The van der Waals surface area contributed by atoms with Gasteiger partial charge in [-0.3, -0.25) is 9.59 Å². The maximum atomic E-state index is 13.1. The lowest BCUT2D eigenvalue weighted by Gasteiger charge is -2.31. The first kappa shape index (κ1) is 19.9. The predicted molar refractivity (Wildman–Crippen MR) is 116 cm³/mol. The minimum absolute atomic E-state index is 0.00846. The number of thiazole rings is 1. The summed E-state index contributed by atoms with van der Waals surface area (Å²) in [5, 5.41) is 6.43. The van der Waals surface area contributed by atoms with Crippen LogP contribution in [0.4, 0.5) is 5.13 Å².